The zero-order chi connectivity index (χ0) is 12.5. The van der Waals surface area contributed by atoms with Crippen LogP contribution in [0.25, 0.3) is 11.1 Å². The van der Waals surface area contributed by atoms with Crippen molar-refractivity contribution in [2.75, 3.05) is 0 Å². The first-order chi connectivity index (χ1) is 8.74. The van der Waals surface area contributed by atoms with Gasteiger partial charge in [0.05, 0.1) is 5.56 Å². The van der Waals surface area contributed by atoms with Crippen LogP contribution >= 0.6 is 11.6 Å². The van der Waals surface area contributed by atoms with Crippen molar-refractivity contribution in [3.05, 3.63) is 51.4 Å². The highest BCUT2D eigenvalue weighted by molar-refractivity contribution is 6.29. The lowest BCUT2D eigenvalue weighted by Crippen LogP contribution is -2.12. The molecule has 1 heterocycles. The van der Waals surface area contributed by atoms with E-state index in [1.807, 2.05) is 12.1 Å². The van der Waals surface area contributed by atoms with Crippen molar-refractivity contribution in [2.45, 2.75) is 25.2 Å². The van der Waals surface area contributed by atoms with Crippen LogP contribution in [0.3, 0.4) is 0 Å². The highest BCUT2D eigenvalue weighted by Gasteiger charge is 2.19. The number of aromatic amines is 1. The topological polar surface area (TPSA) is 45.8 Å². The van der Waals surface area contributed by atoms with Crippen molar-refractivity contribution in [1.82, 2.24) is 10.2 Å². The second kappa shape index (κ2) is 4.58. The zero-order valence-corrected chi connectivity index (χ0v) is 10.6. The van der Waals surface area contributed by atoms with Crippen molar-refractivity contribution >= 4 is 11.6 Å². The summed E-state index contributed by atoms with van der Waals surface area (Å²) in [4.78, 5) is 11.8. The van der Waals surface area contributed by atoms with Crippen LogP contribution in [0.2, 0.25) is 5.15 Å². The minimum atomic E-state index is -0.204. The first-order valence-corrected chi connectivity index (χ1v) is 6.47. The van der Waals surface area contributed by atoms with Crippen LogP contribution < -0.4 is 5.56 Å². The number of rotatable bonds is 2. The fourth-order valence-corrected chi connectivity index (χ4v) is 2.45. The third-order valence-corrected chi connectivity index (χ3v) is 3.74. The van der Waals surface area contributed by atoms with Gasteiger partial charge in [-0.1, -0.05) is 42.3 Å². The number of halogens is 1. The highest BCUT2D eigenvalue weighted by Crippen LogP contribution is 2.37. The number of hydrogen-bond donors (Lipinski definition) is 1. The molecule has 0 atom stereocenters. The summed E-state index contributed by atoms with van der Waals surface area (Å²) in [6.07, 6.45) is 3.80. The number of aromatic nitrogens is 2. The fourth-order valence-electron chi connectivity index (χ4n) is 2.30. The van der Waals surface area contributed by atoms with Crippen LogP contribution in [0.1, 0.15) is 30.7 Å². The Morgan fingerprint density at radius 1 is 1.28 bits per heavy atom. The van der Waals surface area contributed by atoms with Crippen molar-refractivity contribution in [3.63, 3.8) is 0 Å². The number of H-pyrrole nitrogens is 1. The maximum atomic E-state index is 11.8. The largest absolute Gasteiger partial charge is 0.272 e. The third-order valence-electron chi connectivity index (χ3n) is 3.55. The lowest BCUT2D eigenvalue weighted by Gasteiger charge is -2.26. The lowest BCUT2D eigenvalue weighted by molar-refractivity contribution is 0.420. The Morgan fingerprint density at radius 3 is 2.83 bits per heavy atom. The number of benzene rings is 1. The van der Waals surface area contributed by atoms with E-state index in [0.29, 0.717) is 16.6 Å². The summed E-state index contributed by atoms with van der Waals surface area (Å²) >= 11 is 5.83. The molecule has 1 aliphatic rings. The van der Waals surface area contributed by atoms with Gasteiger partial charge in [0.2, 0.25) is 0 Å². The predicted octanol–water partition coefficient (Wildman–Crippen LogP) is 3.36. The maximum absolute atomic E-state index is 11.8. The fraction of sp³-hybridized carbons (Fsp3) is 0.286. The van der Waals surface area contributed by atoms with Crippen LogP contribution in [0.15, 0.2) is 35.1 Å². The molecule has 1 aromatic carbocycles. The van der Waals surface area contributed by atoms with Crippen LogP contribution in [-0.2, 0) is 0 Å². The van der Waals surface area contributed by atoms with E-state index < -0.39 is 0 Å². The van der Waals surface area contributed by atoms with E-state index >= 15 is 0 Å². The standard InChI is InChI=1S/C14H13ClN2O/c15-13-8-12(14(18)17-16-13)11-6-2-5-10(7-11)9-3-1-4-9/h2,5-9H,1,3-4H2,(H,17,18). The molecule has 0 aliphatic heterocycles. The monoisotopic (exact) mass is 260 g/mol. The van der Waals surface area contributed by atoms with E-state index in [2.05, 4.69) is 22.3 Å². The summed E-state index contributed by atoms with van der Waals surface area (Å²) < 4.78 is 0. The number of hydrogen-bond acceptors (Lipinski definition) is 2. The predicted molar refractivity (Wildman–Crippen MR) is 71.9 cm³/mol. The average Bonchev–Trinajstić information content (AvgIpc) is 2.30. The summed E-state index contributed by atoms with van der Waals surface area (Å²) in [5.41, 5.74) is 2.59. The summed E-state index contributed by atoms with van der Waals surface area (Å²) in [6.45, 7) is 0. The van der Waals surface area contributed by atoms with Crippen molar-refractivity contribution < 1.29 is 0 Å². The van der Waals surface area contributed by atoms with Crippen molar-refractivity contribution in [1.29, 1.82) is 0 Å². The molecule has 1 saturated carbocycles. The Balaban J connectivity index is 2.05. The van der Waals surface area contributed by atoms with E-state index in [1.165, 1.54) is 24.8 Å². The quantitative estimate of drug-likeness (QED) is 0.900. The van der Waals surface area contributed by atoms with Gasteiger partial charge in [0.1, 0.15) is 5.15 Å². The van der Waals surface area contributed by atoms with Gasteiger partial charge in [-0.05, 0) is 36.0 Å². The molecule has 0 unspecified atom stereocenters. The van der Waals surface area contributed by atoms with E-state index in [1.54, 1.807) is 6.07 Å². The van der Waals surface area contributed by atoms with Gasteiger partial charge in [-0.25, -0.2) is 5.10 Å². The molecule has 92 valence electrons. The van der Waals surface area contributed by atoms with Gasteiger partial charge in [0.25, 0.3) is 5.56 Å². The Bertz CT molecular complexity index is 632. The first kappa shape index (κ1) is 11.5. The lowest BCUT2D eigenvalue weighted by atomic mass is 9.79. The van der Waals surface area contributed by atoms with E-state index in [9.17, 15) is 4.79 Å². The molecular weight excluding hydrogens is 248 g/mol. The number of nitrogens with zero attached hydrogens (tertiary/aromatic N) is 1. The van der Waals surface area contributed by atoms with Gasteiger partial charge < -0.3 is 0 Å². The van der Waals surface area contributed by atoms with Crippen molar-refractivity contribution in [3.8, 4) is 11.1 Å². The summed E-state index contributed by atoms with van der Waals surface area (Å²) in [5.74, 6) is 0.654. The molecule has 0 spiro atoms. The maximum Gasteiger partial charge on any atom is 0.272 e. The van der Waals surface area contributed by atoms with E-state index in [-0.39, 0.29) is 5.56 Å². The smallest absolute Gasteiger partial charge is 0.267 e. The Kier molecular flexibility index (Phi) is 2.92. The van der Waals surface area contributed by atoms with Crippen LogP contribution in [0.4, 0.5) is 0 Å². The van der Waals surface area contributed by atoms with Gasteiger partial charge in [-0.3, -0.25) is 4.79 Å². The van der Waals surface area contributed by atoms with Crippen LogP contribution in [-0.4, -0.2) is 10.2 Å². The molecule has 3 nitrogen and oxygen atoms in total. The average molecular weight is 261 g/mol. The zero-order valence-electron chi connectivity index (χ0n) is 9.82. The van der Waals surface area contributed by atoms with Gasteiger partial charge in [0, 0.05) is 0 Å². The molecule has 0 radical (unpaired) electrons. The Labute approximate surface area is 110 Å². The molecule has 0 saturated heterocycles. The van der Waals surface area contributed by atoms with Gasteiger partial charge in [-0.15, -0.1) is 0 Å². The molecule has 1 aromatic heterocycles. The van der Waals surface area contributed by atoms with E-state index in [0.717, 1.165) is 5.56 Å². The molecule has 0 amide bonds. The molecular formula is C14H13ClN2O. The summed E-state index contributed by atoms with van der Waals surface area (Å²) in [6, 6.07) is 9.76. The minimum absolute atomic E-state index is 0.204. The summed E-state index contributed by atoms with van der Waals surface area (Å²) in [7, 11) is 0. The van der Waals surface area contributed by atoms with E-state index in [4.69, 9.17) is 11.6 Å². The Hall–Kier alpha value is -1.61. The van der Waals surface area contributed by atoms with Crippen molar-refractivity contribution in [2.24, 2.45) is 0 Å². The molecule has 1 aliphatic carbocycles. The third kappa shape index (κ3) is 2.06. The summed E-state index contributed by atoms with van der Waals surface area (Å²) in [5, 5.41) is 6.39. The van der Waals surface area contributed by atoms with Crippen LogP contribution in [0.5, 0.6) is 0 Å². The molecule has 1 fully saturated rings. The highest BCUT2D eigenvalue weighted by atomic mass is 35.5. The molecule has 18 heavy (non-hydrogen) atoms. The van der Waals surface area contributed by atoms with Gasteiger partial charge >= 0.3 is 0 Å². The second-order valence-corrected chi connectivity index (χ2v) is 5.07. The SMILES string of the molecule is O=c1[nH]nc(Cl)cc1-c1cccc(C2CCC2)c1. The first-order valence-electron chi connectivity index (χ1n) is 6.09. The molecule has 2 aromatic rings. The normalized spacial score (nSPS) is 15.4. The number of nitrogens with one attached hydrogen (secondary N) is 1. The van der Waals surface area contributed by atoms with Gasteiger partial charge in [-0.2, -0.15) is 5.10 Å². The second-order valence-electron chi connectivity index (χ2n) is 4.69. The minimum Gasteiger partial charge on any atom is -0.267 e. The molecule has 3 rings (SSSR count). The Morgan fingerprint density at radius 2 is 2.11 bits per heavy atom. The van der Waals surface area contributed by atoms with Crippen LogP contribution in [0, 0.1) is 0 Å². The molecule has 4 heteroatoms. The molecule has 0 bridgehead atoms. The van der Waals surface area contributed by atoms with Gasteiger partial charge in [0.15, 0.2) is 0 Å². The molecule has 1 N–H and O–H groups in total.